The molecule has 0 aromatic heterocycles. The zero-order valence-corrected chi connectivity index (χ0v) is 12.7. The van der Waals surface area contributed by atoms with Crippen molar-refractivity contribution in [3.05, 3.63) is 64.7 Å². The van der Waals surface area contributed by atoms with Crippen molar-refractivity contribution in [2.75, 3.05) is 5.32 Å². The van der Waals surface area contributed by atoms with Gasteiger partial charge in [0, 0.05) is 5.69 Å². The maximum Gasteiger partial charge on any atom is 0.227 e. The Kier molecular flexibility index (Phi) is 4.76. The van der Waals surface area contributed by atoms with Gasteiger partial charge in [0.1, 0.15) is 0 Å². The summed E-state index contributed by atoms with van der Waals surface area (Å²) in [5, 5.41) is 13.0. The number of hydrogen-bond donors (Lipinski definition) is 2. The van der Waals surface area contributed by atoms with Gasteiger partial charge in [0.2, 0.25) is 5.91 Å². The van der Waals surface area contributed by atoms with Crippen molar-refractivity contribution in [2.24, 2.45) is 0 Å². The molecule has 0 spiro atoms. The topological polar surface area (TPSA) is 49.3 Å². The van der Waals surface area contributed by atoms with Crippen LogP contribution >= 0.6 is 0 Å². The largest absolute Gasteiger partial charge is 0.388 e. The second-order valence-electron chi connectivity index (χ2n) is 5.45. The highest BCUT2D eigenvalue weighted by atomic mass is 16.3. The van der Waals surface area contributed by atoms with Gasteiger partial charge in [0.25, 0.3) is 0 Å². The molecule has 1 unspecified atom stereocenters. The Morgan fingerprint density at radius 3 is 2.24 bits per heavy atom. The third-order valence-corrected chi connectivity index (χ3v) is 3.50. The summed E-state index contributed by atoms with van der Waals surface area (Å²) < 4.78 is 0. The van der Waals surface area contributed by atoms with Crippen LogP contribution in [0, 0.1) is 20.8 Å². The highest BCUT2D eigenvalue weighted by Crippen LogP contribution is 2.23. The lowest BCUT2D eigenvalue weighted by Crippen LogP contribution is -2.17. The van der Waals surface area contributed by atoms with Crippen LogP contribution in [0.25, 0.3) is 0 Å². The molecule has 2 aromatic carbocycles. The van der Waals surface area contributed by atoms with E-state index in [0.717, 1.165) is 22.4 Å². The Labute approximate surface area is 125 Å². The number of carbonyl (C=O) groups excluding carboxylic acids is 1. The van der Waals surface area contributed by atoms with E-state index in [-0.39, 0.29) is 12.3 Å². The minimum atomic E-state index is -0.780. The molecule has 2 rings (SSSR count). The van der Waals surface area contributed by atoms with E-state index in [1.54, 1.807) is 0 Å². The molecule has 110 valence electrons. The molecule has 1 atom stereocenters. The molecule has 0 heterocycles. The van der Waals surface area contributed by atoms with Gasteiger partial charge in [-0.3, -0.25) is 4.79 Å². The summed E-state index contributed by atoms with van der Waals surface area (Å²) in [6.45, 7) is 5.98. The van der Waals surface area contributed by atoms with Crippen LogP contribution in [0.1, 0.15) is 34.8 Å². The normalized spacial score (nSPS) is 12.0. The van der Waals surface area contributed by atoms with E-state index in [9.17, 15) is 9.90 Å². The van der Waals surface area contributed by atoms with Gasteiger partial charge in [0.05, 0.1) is 12.5 Å². The first-order valence-corrected chi connectivity index (χ1v) is 7.08. The lowest BCUT2D eigenvalue weighted by molar-refractivity contribution is -0.118. The first kappa shape index (κ1) is 15.3. The number of amides is 1. The number of anilines is 1. The Hall–Kier alpha value is -2.13. The van der Waals surface area contributed by atoms with E-state index in [1.165, 1.54) is 5.56 Å². The van der Waals surface area contributed by atoms with Crippen LogP contribution in [0.2, 0.25) is 0 Å². The Morgan fingerprint density at radius 1 is 1.10 bits per heavy atom. The number of aryl methyl sites for hydroxylation is 3. The molecular weight excluding hydrogens is 262 g/mol. The number of nitrogens with one attached hydrogen (secondary N) is 1. The van der Waals surface area contributed by atoms with Gasteiger partial charge in [0.15, 0.2) is 0 Å². The standard InChI is InChI=1S/C18H21NO2/c1-12-9-13(2)18(14(3)10-12)19-17(21)11-16(20)15-7-5-4-6-8-15/h4-10,16,20H,11H2,1-3H3,(H,19,21). The molecule has 0 aliphatic carbocycles. The van der Waals surface area contributed by atoms with Gasteiger partial charge < -0.3 is 10.4 Å². The zero-order chi connectivity index (χ0) is 15.4. The fourth-order valence-corrected chi connectivity index (χ4v) is 2.54. The predicted octanol–water partition coefficient (Wildman–Crippen LogP) is 3.67. The Bertz CT molecular complexity index is 612. The summed E-state index contributed by atoms with van der Waals surface area (Å²) in [7, 11) is 0. The van der Waals surface area contributed by atoms with Gasteiger partial charge in [-0.25, -0.2) is 0 Å². The first-order chi connectivity index (χ1) is 9.97. The maximum atomic E-state index is 12.1. The third-order valence-electron chi connectivity index (χ3n) is 3.50. The van der Waals surface area contributed by atoms with Crippen molar-refractivity contribution in [3.63, 3.8) is 0 Å². The summed E-state index contributed by atoms with van der Waals surface area (Å²) in [4.78, 5) is 12.1. The van der Waals surface area contributed by atoms with E-state index >= 15 is 0 Å². The smallest absolute Gasteiger partial charge is 0.227 e. The van der Waals surface area contributed by atoms with E-state index in [2.05, 4.69) is 5.32 Å². The molecule has 0 bridgehead atoms. The minimum Gasteiger partial charge on any atom is -0.388 e. The van der Waals surface area contributed by atoms with Crippen molar-refractivity contribution >= 4 is 11.6 Å². The summed E-state index contributed by atoms with van der Waals surface area (Å²) in [6, 6.07) is 13.3. The van der Waals surface area contributed by atoms with Gasteiger partial charge >= 0.3 is 0 Å². The van der Waals surface area contributed by atoms with Crippen LogP contribution in [-0.2, 0) is 4.79 Å². The highest BCUT2D eigenvalue weighted by Gasteiger charge is 2.14. The van der Waals surface area contributed by atoms with Crippen molar-refractivity contribution in [1.29, 1.82) is 0 Å². The molecule has 21 heavy (non-hydrogen) atoms. The van der Waals surface area contributed by atoms with Crippen LogP contribution in [0.5, 0.6) is 0 Å². The Morgan fingerprint density at radius 2 is 1.67 bits per heavy atom. The van der Waals surface area contributed by atoms with Crippen LogP contribution < -0.4 is 5.32 Å². The SMILES string of the molecule is Cc1cc(C)c(NC(=O)CC(O)c2ccccc2)c(C)c1. The molecule has 0 fully saturated rings. The quantitative estimate of drug-likeness (QED) is 0.899. The van der Waals surface area contributed by atoms with E-state index in [0.29, 0.717) is 0 Å². The number of aliphatic hydroxyl groups excluding tert-OH is 1. The van der Waals surface area contributed by atoms with Gasteiger partial charge in [-0.15, -0.1) is 0 Å². The number of carbonyl (C=O) groups is 1. The number of hydrogen-bond acceptors (Lipinski definition) is 2. The third kappa shape index (κ3) is 3.92. The highest BCUT2D eigenvalue weighted by molar-refractivity contribution is 5.92. The predicted molar refractivity (Wildman–Crippen MR) is 85.3 cm³/mol. The molecular formula is C18H21NO2. The molecule has 3 nitrogen and oxygen atoms in total. The van der Waals surface area contributed by atoms with Crippen molar-refractivity contribution in [1.82, 2.24) is 0 Å². The molecule has 2 aromatic rings. The molecule has 1 amide bonds. The first-order valence-electron chi connectivity index (χ1n) is 7.08. The molecule has 0 saturated carbocycles. The number of aliphatic hydroxyl groups is 1. The second kappa shape index (κ2) is 6.55. The van der Waals surface area contributed by atoms with E-state index < -0.39 is 6.10 Å². The summed E-state index contributed by atoms with van der Waals surface area (Å²) >= 11 is 0. The van der Waals surface area contributed by atoms with Crippen LogP contribution in [0.15, 0.2) is 42.5 Å². The summed E-state index contributed by atoms with van der Waals surface area (Å²) in [5.41, 5.74) is 4.84. The van der Waals surface area contributed by atoms with Crippen LogP contribution in [0.4, 0.5) is 5.69 Å². The molecule has 0 aliphatic rings. The lowest BCUT2D eigenvalue weighted by Gasteiger charge is -2.15. The maximum absolute atomic E-state index is 12.1. The van der Waals surface area contributed by atoms with Gasteiger partial charge in [-0.2, -0.15) is 0 Å². The molecule has 0 radical (unpaired) electrons. The average Bonchev–Trinajstić information content (AvgIpc) is 2.43. The van der Waals surface area contributed by atoms with E-state index in [1.807, 2.05) is 63.2 Å². The molecule has 2 N–H and O–H groups in total. The van der Waals surface area contributed by atoms with Crippen LogP contribution in [0.3, 0.4) is 0 Å². The monoisotopic (exact) mass is 283 g/mol. The summed E-state index contributed by atoms with van der Waals surface area (Å²) in [6.07, 6.45) is -0.728. The van der Waals surface area contributed by atoms with Crippen molar-refractivity contribution in [3.8, 4) is 0 Å². The number of rotatable bonds is 4. The van der Waals surface area contributed by atoms with Gasteiger partial charge in [-0.05, 0) is 37.5 Å². The van der Waals surface area contributed by atoms with Crippen molar-refractivity contribution in [2.45, 2.75) is 33.3 Å². The summed E-state index contributed by atoms with van der Waals surface area (Å²) in [5.74, 6) is -0.179. The van der Waals surface area contributed by atoms with Crippen molar-refractivity contribution < 1.29 is 9.90 Å². The molecule has 0 saturated heterocycles. The Balaban J connectivity index is 2.06. The average molecular weight is 283 g/mol. The lowest BCUT2D eigenvalue weighted by atomic mass is 10.0. The van der Waals surface area contributed by atoms with Gasteiger partial charge in [-0.1, -0.05) is 48.0 Å². The molecule has 3 heteroatoms. The fraction of sp³-hybridized carbons (Fsp3) is 0.278. The number of benzene rings is 2. The zero-order valence-electron chi connectivity index (χ0n) is 12.7. The van der Waals surface area contributed by atoms with E-state index in [4.69, 9.17) is 0 Å². The minimum absolute atomic E-state index is 0.0524. The fourth-order valence-electron chi connectivity index (χ4n) is 2.54. The van der Waals surface area contributed by atoms with Crippen LogP contribution in [-0.4, -0.2) is 11.0 Å². The second-order valence-corrected chi connectivity index (χ2v) is 5.45. The molecule has 0 aliphatic heterocycles.